The minimum absolute atomic E-state index is 0.0156. The molecule has 8 heteroatoms. The second-order valence-electron chi connectivity index (χ2n) is 4.86. The van der Waals surface area contributed by atoms with Crippen molar-refractivity contribution >= 4 is 17.5 Å². The van der Waals surface area contributed by atoms with Gasteiger partial charge in [-0.2, -0.15) is 0 Å². The van der Waals surface area contributed by atoms with Crippen molar-refractivity contribution in [1.29, 1.82) is 0 Å². The summed E-state index contributed by atoms with van der Waals surface area (Å²) in [6.45, 7) is 2.34. The number of carbonyl (C=O) groups is 2. The average molecular weight is 337 g/mol. The average Bonchev–Trinajstić information content (AvgIpc) is 2.60. The third-order valence-electron chi connectivity index (χ3n) is 3.07. The van der Waals surface area contributed by atoms with E-state index in [4.69, 9.17) is 0 Å². The van der Waals surface area contributed by atoms with Crippen LogP contribution in [0.1, 0.15) is 34.2 Å². The SMILES string of the molecule is CCCNC(=O)c1cc(C(=O)Nc2ccc(F)c(F)c2F)ccn1. The number of rotatable bonds is 5. The van der Waals surface area contributed by atoms with Gasteiger partial charge in [0.1, 0.15) is 5.69 Å². The summed E-state index contributed by atoms with van der Waals surface area (Å²) in [6, 6.07) is 4.13. The van der Waals surface area contributed by atoms with E-state index in [0.29, 0.717) is 12.6 Å². The molecular weight excluding hydrogens is 323 g/mol. The molecule has 1 heterocycles. The molecule has 0 aliphatic carbocycles. The Morgan fingerprint density at radius 1 is 1.08 bits per heavy atom. The fourth-order valence-corrected chi connectivity index (χ4v) is 1.84. The minimum Gasteiger partial charge on any atom is -0.351 e. The molecule has 0 aliphatic heterocycles. The van der Waals surface area contributed by atoms with E-state index in [9.17, 15) is 22.8 Å². The number of halogens is 3. The van der Waals surface area contributed by atoms with Crippen molar-refractivity contribution in [2.45, 2.75) is 13.3 Å². The van der Waals surface area contributed by atoms with Gasteiger partial charge in [-0.1, -0.05) is 6.92 Å². The van der Waals surface area contributed by atoms with Crippen LogP contribution in [0.5, 0.6) is 0 Å². The standard InChI is InChI=1S/C16H14F3N3O2/c1-2-6-21-16(24)12-8-9(5-7-20-12)15(23)22-11-4-3-10(17)13(18)14(11)19/h3-5,7-8H,2,6H2,1H3,(H,21,24)(H,22,23). The molecule has 1 aromatic carbocycles. The fraction of sp³-hybridized carbons (Fsp3) is 0.188. The molecule has 5 nitrogen and oxygen atoms in total. The van der Waals surface area contributed by atoms with E-state index in [1.54, 1.807) is 0 Å². The topological polar surface area (TPSA) is 71.1 Å². The van der Waals surface area contributed by atoms with Gasteiger partial charge in [-0.05, 0) is 30.7 Å². The smallest absolute Gasteiger partial charge is 0.269 e. The van der Waals surface area contributed by atoms with E-state index in [1.165, 1.54) is 18.3 Å². The number of aromatic nitrogens is 1. The number of nitrogens with one attached hydrogen (secondary N) is 2. The maximum Gasteiger partial charge on any atom is 0.269 e. The summed E-state index contributed by atoms with van der Waals surface area (Å²) < 4.78 is 39.6. The van der Waals surface area contributed by atoms with Gasteiger partial charge >= 0.3 is 0 Å². The monoisotopic (exact) mass is 337 g/mol. The van der Waals surface area contributed by atoms with Crippen LogP contribution >= 0.6 is 0 Å². The highest BCUT2D eigenvalue weighted by Gasteiger charge is 2.17. The lowest BCUT2D eigenvalue weighted by Crippen LogP contribution is -2.25. The number of amides is 2. The van der Waals surface area contributed by atoms with Gasteiger partial charge in [0.2, 0.25) is 0 Å². The van der Waals surface area contributed by atoms with Crippen LogP contribution in [-0.4, -0.2) is 23.3 Å². The van der Waals surface area contributed by atoms with Crippen molar-refractivity contribution in [3.63, 3.8) is 0 Å². The summed E-state index contributed by atoms with van der Waals surface area (Å²) in [5.41, 5.74) is -0.467. The Balaban J connectivity index is 2.19. The van der Waals surface area contributed by atoms with Gasteiger partial charge in [-0.25, -0.2) is 13.2 Å². The van der Waals surface area contributed by atoms with Crippen LogP contribution in [0.3, 0.4) is 0 Å². The summed E-state index contributed by atoms with van der Waals surface area (Å²) in [5.74, 6) is -5.78. The third-order valence-corrected chi connectivity index (χ3v) is 3.07. The quantitative estimate of drug-likeness (QED) is 0.824. The normalized spacial score (nSPS) is 10.3. The van der Waals surface area contributed by atoms with Crippen LogP contribution in [0.2, 0.25) is 0 Å². The first-order chi connectivity index (χ1) is 11.4. The Labute approximate surface area is 135 Å². The first kappa shape index (κ1) is 17.5. The predicted octanol–water partition coefficient (Wildman–Crippen LogP) is 2.89. The van der Waals surface area contributed by atoms with Crippen molar-refractivity contribution in [3.05, 3.63) is 59.2 Å². The Hall–Kier alpha value is -2.90. The predicted molar refractivity (Wildman–Crippen MR) is 81.1 cm³/mol. The second kappa shape index (κ2) is 7.58. The maximum atomic E-state index is 13.6. The zero-order valence-corrected chi connectivity index (χ0v) is 12.7. The molecule has 0 aliphatic rings. The number of benzene rings is 1. The summed E-state index contributed by atoms with van der Waals surface area (Å²) in [5, 5.41) is 4.73. The largest absolute Gasteiger partial charge is 0.351 e. The van der Waals surface area contributed by atoms with Crippen LogP contribution in [0.4, 0.5) is 18.9 Å². The molecule has 0 saturated heterocycles. The molecule has 24 heavy (non-hydrogen) atoms. The van der Waals surface area contributed by atoms with E-state index >= 15 is 0 Å². The van der Waals surface area contributed by atoms with Crippen LogP contribution in [0, 0.1) is 17.5 Å². The third kappa shape index (κ3) is 3.89. The van der Waals surface area contributed by atoms with E-state index in [2.05, 4.69) is 15.6 Å². The van der Waals surface area contributed by atoms with Gasteiger partial charge in [-0.15, -0.1) is 0 Å². The number of nitrogens with zero attached hydrogens (tertiary/aromatic N) is 1. The first-order valence-electron chi connectivity index (χ1n) is 7.13. The van der Waals surface area contributed by atoms with E-state index < -0.39 is 35.0 Å². The van der Waals surface area contributed by atoms with Crippen molar-refractivity contribution in [1.82, 2.24) is 10.3 Å². The molecule has 2 aromatic rings. The van der Waals surface area contributed by atoms with Crippen molar-refractivity contribution < 1.29 is 22.8 Å². The van der Waals surface area contributed by atoms with Gasteiger partial charge in [0.15, 0.2) is 17.5 Å². The lowest BCUT2D eigenvalue weighted by molar-refractivity contribution is 0.0948. The Kier molecular flexibility index (Phi) is 5.51. The van der Waals surface area contributed by atoms with Crippen molar-refractivity contribution in [2.24, 2.45) is 0 Å². The zero-order chi connectivity index (χ0) is 17.7. The summed E-state index contributed by atoms with van der Waals surface area (Å²) in [6.07, 6.45) is 1.98. The lowest BCUT2D eigenvalue weighted by Gasteiger charge is -2.08. The summed E-state index contributed by atoms with van der Waals surface area (Å²) in [7, 11) is 0. The highest BCUT2D eigenvalue weighted by molar-refractivity contribution is 6.05. The fourth-order valence-electron chi connectivity index (χ4n) is 1.84. The molecule has 126 valence electrons. The molecule has 0 fully saturated rings. The zero-order valence-electron chi connectivity index (χ0n) is 12.7. The molecule has 2 rings (SSSR count). The van der Waals surface area contributed by atoms with E-state index in [-0.39, 0.29) is 11.3 Å². The van der Waals surface area contributed by atoms with Gasteiger partial charge in [0.25, 0.3) is 11.8 Å². The summed E-state index contributed by atoms with van der Waals surface area (Å²) in [4.78, 5) is 27.8. The van der Waals surface area contributed by atoms with E-state index in [1.807, 2.05) is 6.92 Å². The Morgan fingerprint density at radius 2 is 1.83 bits per heavy atom. The molecule has 0 spiro atoms. The maximum absolute atomic E-state index is 13.6. The molecular formula is C16H14F3N3O2. The minimum atomic E-state index is -1.68. The first-order valence-corrected chi connectivity index (χ1v) is 7.13. The van der Waals surface area contributed by atoms with Crippen LogP contribution in [-0.2, 0) is 0 Å². The Bertz CT molecular complexity index is 781. The summed E-state index contributed by atoms with van der Waals surface area (Å²) >= 11 is 0. The van der Waals surface area contributed by atoms with Gasteiger partial charge in [0, 0.05) is 18.3 Å². The number of hydrogen-bond acceptors (Lipinski definition) is 3. The van der Waals surface area contributed by atoms with Crippen molar-refractivity contribution in [2.75, 3.05) is 11.9 Å². The number of pyridine rings is 1. The molecule has 0 saturated carbocycles. The molecule has 0 radical (unpaired) electrons. The molecule has 0 atom stereocenters. The molecule has 0 bridgehead atoms. The van der Waals surface area contributed by atoms with Gasteiger partial charge in [-0.3, -0.25) is 14.6 Å². The van der Waals surface area contributed by atoms with Gasteiger partial charge in [0.05, 0.1) is 5.69 Å². The molecule has 0 unspecified atom stereocenters. The number of hydrogen-bond donors (Lipinski definition) is 2. The molecule has 2 N–H and O–H groups in total. The highest BCUT2D eigenvalue weighted by Crippen LogP contribution is 2.20. The number of carbonyl (C=O) groups excluding carboxylic acids is 2. The van der Waals surface area contributed by atoms with E-state index in [0.717, 1.165) is 12.5 Å². The Morgan fingerprint density at radius 3 is 2.54 bits per heavy atom. The van der Waals surface area contributed by atoms with Crippen LogP contribution < -0.4 is 10.6 Å². The van der Waals surface area contributed by atoms with Crippen molar-refractivity contribution in [3.8, 4) is 0 Å². The lowest BCUT2D eigenvalue weighted by atomic mass is 10.2. The second-order valence-corrected chi connectivity index (χ2v) is 4.86. The molecule has 2 amide bonds. The highest BCUT2D eigenvalue weighted by atomic mass is 19.2. The van der Waals surface area contributed by atoms with Crippen LogP contribution in [0.25, 0.3) is 0 Å². The molecule has 1 aromatic heterocycles. The van der Waals surface area contributed by atoms with Gasteiger partial charge < -0.3 is 10.6 Å². The van der Waals surface area contributed by atoms with Crippen LogP contribution in [0.15, 0.2) is 30.5 Å². The number of anilines is 1.